The molecule has 12 heteroatoms. The maximum atomic E-state index is 14.0. The second kappa shape index (κ2) is 18.2. The number of rotatable bonds is 13. The molecule has 0 saturated carbocycles. The highest BCUT2D eigenvalue weighted by Gasteiger charge is 2.42. The van der Waals surface area contributed by atoms with Gasteiger partial charge in [-0.2, -0.15) is 4.21 Å². The molecule has 1 atom stereocenters. The number of methoxy groups -OCH3 is 3. The third-order valence-electron chi connectivity index (χ3n) is 10.7. The van der Waals surface area contributed by atoms with Crippen molar-refractivity contribution in [1.29, 1.82) is 0 Å². The van der Waals surface area contributed by atoms with Crippen LogP contribution in [-0.2, 0) is 24.5 Å². The minimum Gasteiger partial charge on any atom is -0.493 e. The first-order chi connectivity index (χ1) is 26.5. The molecule has 5 aromatic rings. The van der Waals surface area contributed by atoms with E-state index in [-0.39, 0.29) is 11.3 Å². The van der Waals surface area contributed by atoms with Crippen LogP contribution in [0.1, 0.15) is 35.2 Å². The number of hydrogen-bond acceptors (Lipinski definition) is 10. The Labute approximate surface area is 322 Å². The van der Waals surface area contributed by atoms with E-state index in [1.165, 1.54) is 5.56 Å². The van der Waals surface area contributed by atoms with Crippen LogP contribution in [0.3, 0.4) is 0 Å². The average molecular weight is 752 g/mol. The summed E-state index contributed by atoms with van der Waals surface area (Å²) >= 11 is 2.83. The van der Waals surface area contributed by atoms with Crippen LogP contribution in [0, 0.1) is 0 Å². The number of imidazole rings is 1. The zero-order valence-corrected chi connectivity index (χ0v) is 32.1. The van der Waals surface area contributed by atoms with Crippen LogP contribution in [0.15, 0.2) is 97.1 Å². The van der Waals surface area contributed by atoms with Gasteiger partial charge in [-0.25, -0.2) is 4.98 Å². The Balaban J connectivity index is 0.00000245. The lowest BCUT2D eigenvalue weighted by molar-refractivity contribution is 0.0780. The second-order valence-corrected chi connectivity index (χ2v) is 13.7. The van der Waals surface area contributed by atoms with Crippen LogP contribution in [0.4, 0.5) is 5.95 Å². The Morgan fingerprint density at radius 2 is 1.46 bits per heavy atom. The lowest BCUT2D eigenvalue weighted by Crippen LogP contribution is -2.39. The standard InChI is InChI=1S/C42H49N5O5.OS/c1-49-37-29-32(30-38(50-2)39(37)51-3)40(48)46-24-20-42(31-46,33-13-6-4-7-14-33)19-23-44-21-12-22-45(26-25-44)41-43-35-17-10-11-18-36(35)47(41)27-28-52-34-15-8-5-9-16-34;1-2/h4-11,13-18,29-30H,12,19-28,31H2,1-3H3;. The molecule has 7 rings (SSSR count). The molecule has 2 aliphatic heterocycles. The molecule has 1 aromatic heterocycles. The number of carbonyl (C=O) groups excluding carboxylic acids is 1. The van der Waals surface area contributed by atoms with Crippen molar-refractivity contribution in [3.05, 3.63) is 108 Å². The predicted octanol–water partition coefficient (Wildman–Crippen LogP) is 6.19. The fraction of sp³-hybridized carbons (Fsp3) is 0.381. The molecular formula is C42H49N5O6S. The van der Waals surface area contributed by atoms with Crippen molar-refractivity contribution in [3.63, 3.8) is 0 Å². The highest BCUT2D eigenvalue weighted by molar-refractivity contribution is 7.44. The maximum absolute atomic E-state index is 14.0. The summed E-state index contributed by atoms with van der Waals surface area (Å²) in [6.45, 7) is 7.39. The van der Waals surface area contributed by atoms with Crippen LogP contribution in [0.2, 0.25) is 0 Å². The Bertz CT molecular complexity index is 1950. The van der Waals surface area contributed by atoms with Gasteiger partial charge in [0.2, 0.25) is 11.7 Å². The van der Waals surface area contributed by atoms with Crippen LogP contribution in [0.5, 0.6) is 23.0 Å². The van der Waals surface area contributed by atoms with E-state index >= 15 is 0 Å². The number of nitrogens with zero attached hydrogens (tertiary/aromatic N) is 5. The monoisotopic (exact) mass is 751 g/mol. The minimum absolute atomic E-state index is 0.0282. The predicted molar refractivity (Wildman–Crippen MR) is 212 cm³/mol. The van der Waals surface area contributed by atoms with Crippen molar-refractivity contribution in [2.75, 3.05) is 78.6 Å². The van der Waals surface area contributed by atoms with Gasteiger partial charge >= 0.3 is 0 Å². The summed E-state index contributed by atoms with van der Waals surface area (Å²) in [5.41, 5.74) is 3.82. The van der Waals surface area contributed by atoms with Crippen molar-refractivity contribution < 1.29 is 28.0 Å². The molecule has 2 saturated heterocycles. The van der Waals surface area contributed by atoms with Crippen LogP contribution >= 0.6 is 0 Å². The molecule has 1 unspecified atom stereocenters. The Hall–Kier alpha value is -5.20. The van der Waals surface area contributed by atoms with Crippen molar-refractivity contribution in [1.82, 2.24) is 19.4 Å². The number of aromatic nitrogens is 2. The number of hydrogen-bond donors (Lipinski definition) is 0. The molecule has 0 spiro atoms. The molecule has 0 radical (unpaired) electrons. The molecular weight excluding hydrogens is 703 g/mol. The van der Waals surface area contributed by atoms with Crippen molar-refractivity contribution in [2.45, 2.75) is 31.2 Å². The molecule has 0 aliphatic carbocycles. The first-order valence-corrected chi connectivity index (χ1v) is 18.8. The van der Waals surface area contributed by atoms with Gasteiger partial charge in [0.15, 0.2) is 24.0 Å². The molecule has 54 heavy (non-hydrogen) atoms. The first-order valence-electron chi connectivity index (χ1n) is 18.4. The van der Waals surface area contributed by atoms with Gasteiger partial charge in [-0.05, 0) is 74.3 Å². The Morgan fingerprint density at radius 3 is 2.17 bits per heavy atom. The van der Waals surface area contributed by atoms with Gasteiger partial charge in [0.1, 0.15) is 12.4 Å². The van der Waals surface area contributed by atoms with E-state index in [1.54, 1.807) is 33.5 Å². The topological polar surface area (TPSA) is 98.6 Å². The fourth-order valence-electron chi connectivity index (χ4n) is 7.87. The molecule has 2 fully saturated rings. The highest BCUT2D eigenvalue weighted by Crippen LogP contribution is 2.41. The lowest BCUT2D eigenvalue weighted by Gasteiger charge is -2.33. The summed E-state index contributed by atoms with van der Waals surface area (Å²) in [6, 6.07) is 32.6. The van der Waals surface area contributed by atoms with Gasteiger partial charge in [0.25, 0.3) is 5.91 Å². The zero-order valence-electron chi connectivity index (χ0n) is 31.3. The van der Waals surface area contributed by atoms with E-state index in [1.807, 2.05) is 35.2 Å². The van der Waals surface area contributed by atoms with Gasteiger partial charge in [-0.15, -0.1) is 0 Å². The SMILES string of the molecule is COc1cc(C(=O)N2CCC(CCN3CCCN(c4nc5ccccc5n4CCOc4ccccc4)CC3)(c3ccccc3)C2)cc(OC)c1OC.O=S. The van der Waals surface area contributed by atoms with E-state index in [0.717, 1.165) is 81.3 Å². The van der Waals surface area contributed by atoms with Crippen molar-refractivity contribution in [3.8, 4) is 23.0 Å². The maximum Gasteiger partial charge on any atom is 0.254 e. The highest BCUT2D eigenvalue weighted by atomic mass is 32.1. The van der Waals surface area contributed by atoms with Crippen LogP contribution in [0.25, 0.3) is 11.0 Å². The van der Waals surface area contributed by atoms with Crippen LogP contribution in [-0.4, -0.2) is 103 Å². The third kappa shape index (κ3) is 8.45. The van der Waals surface area contributed by atoms with Crippen molar-refractivity contribution in [2.24, 2.45) is 0 Å². The second-order valence-electron chi connectivity index (χ2n) is 13.7. The summed E-state index contributed by atoms with van der Waals surface area (Å²) < 4.78 is 32.9. The summed E-state index contributed by atoms with van der Waals surface area (Å²) in [5, 5.41) is 0. The number of benzene rings is 4. The number of anilines is 1. The number of amides is 1. The lowest BCUT2D eigenvalue weighted by atomic mass is 9.76. The summed E-state index contributed by atoms with van der Waals surface area (Å²) in [6.07, 6.45) is 2.92. The molecule has 1 amide bonds. The van der Waals surface area contributed by atoms with E-state index in [4.69, 9.17) is 28.1 Å². The number of likely N-dealkylation sites (tertiary alicyclic amines) is 1. The van der Waals surface area contributed by atoms with Crippen LogP contribution < -0.4 is 23.8 Å². The van der Waals surface area contributed by atoms with Gasteiger partial charge in [0, 0.05) is 43.7 Å². The normalized spacial score (nSPS) is 17.4. The molecule has 3 heterocycles. The molecule has 284 valence electrons. The average Bonchev–Trinajstić information content (AvgIpc) is 3.75. The molecule has 2 aliphatic rings. The van der Waals surface area contributed by atoms with E-state index in [0.29, 0.717) is 42.5 Å². The van der Waals surface area contributed by atoms with Gasteiger partial charge in [-0.3, -0.25) is 4.79 Å². The number of fused-ring (bicyclic) bond motifs is 1. The number of para-hydroxylation sites is 3. The molecule has 0 N–H and O–H groups in total. The third-order valence-corrected chi connectivity index (χ3v) is 10.7. The first kappa shape index (κ1) is 38.5. The molecule has 4 aromatic carbocycles. The quantitative estimate of drug-likeness (QED) is 0.139. The molecule has 11 nitrogen and oxygen atoms in total. The smallest absolute Gasteiger partial charge is 0.254 e. The molecule has 0 bridgehead atoms. The minimum atomic E-state index is -0.143. The number of carbonyl (C=O) groups is 1. The summed E-state index contributed by atoms with van der Waals surface area (Å²) in [5.74, 6) is 3.29. The van der Waals surface area contributed by atoms with E-state index in [2.05, 4.69) is 81.5 Å². The Morgan fingerprint density at radius 1 is 0.778 bits per heavy atom. The summed E-state index contributed by atoms with van der Waals surface area (Å²) in [7, 11) is 4.71. The van der Waals surface area contributed by atoms with Gasteiger partial charge in [-0.1, -0.05) is 60.7 Å². The summed E-state index contributed by atoms with van der Waals surface area (Å²) in [4.78, 5) is 26.2. The largest absolute Gasteiger partial charge is 0.493 e. The fourth-order valence-corrected chi connectivity index (χ4v) is 7.87. The van der Waals surface area contributed by atoms with E-state index < -0.39 is 0 Å². The zero-order chi connectivity index (χ0) is 37.9. The number of ether oxygens (including phenoxy) is 4. The van der Waals surface area contributed by atoms with Gasteiger partial charge in [0.05, 0.1) is 38.9 Å². The van der Waals surface area contributed by atoms with Gasteiger partial charge < -0.3 is 38.2 Å². The van der Waals surface area contributed by atoms with E-state index in [9.17, 15) is 4.79 Å². The Kier molecular flexibility index (Phi) is 13.0. The van der Waals surface area contributed by atoms with Crippen molar-refractivity contribution >= 4 is 35.4 Å².